The average Bonchev–Trinajstić information content (AvgIpc) is 2.36. The van der Waals surface area contributed by atoms with E-state index in [1.54, 1.807) is 0 Å². The molecule has 0 aliphatic carbocycles. The van der Waals surface area contributed by atoms with Crippen LogP contribution in [0, 0.1) is 0 Å². The molecule has 16 heavy (non-hydrogen) atoms. The van der Waals surface area contributed by atoms with Gasteiger partial charge in [-0.3, -0.25) is 0 Å². The largest absolute Gasteiger partial charge is 0.344 e. The van der Waals surface area contributed by atoms with Crippen LogP contribution in [0.25, 0.3) is 0 Å². The summed E-state index contributed by atoms with van der Waals surface area (Å²) in [5.74, 6) is 0. The van der Waals surface area contributed by atoms with Crippen LogP contribution in [-0.2, 0) is 0 Å². The van der Waals surface area contributed by atoms with Gasteiger partial charge in [-0.2, -0.15) is 0 Å². The van der Waals surface area contributed by atoms with Crippen LogP contribution in [0.1, 0.15) is 16.5 Å². The minimum atomic E-state index is -0.0383. The predicted molar refractivity (Wildman–Crippen MR) is 68.6 cm³/mol. The molecule has 0 bridgehead atoms. The standard InChI is InChI=1S/C14H12ClN/c1-16-12-8-4-2-6-10(12)14(15)11-7-3-5-9-13(11)16/h2-9,14H,1H3. The van der Waals surface area contributed by atoms with E-state index in [2.05, 4.69) is 36.2 Å². The van der Waals surface area contributed by atoms with Crippen molar-refractivity contribution in [1.29, 1.82) is 0 Å². The Morgan fingerprint density at radius 2 is 1.31 bits per heavy atom. The number of hydrogen-bond acceptors (Lipinski definition) is 1. The summed E-state index contributed by atoms with van der Waals surface area (Å²) in [6.07, 6.45) is 0. The molecule has 0 spiro atoms. The van der Waals surface area contributed by atoms with E-state index in [9.17, 15) is 0 Å². The number of alkyl halides is 1. The Balaban J connectivity index is 2.26. The fourth-order valence-electron chi connectivity index (χ4n) is 2.31. The number of para-hydroxylation sites is 2. The molecule has 1 aliphatic heterocycles. The van der Waals surface area contributed by atoms with Crippen molar-refractivity contribution in [3.63, 3.8) is 0 Å². The van der Waals surface area contributed by atoms with Gasteiger partial charge in [-0.15, -0.1) is 11.6 Å². The van der Waals surface area contributed by atoms with Gasteiger partial charge in [0.1, 0.15) is 0 Å². The first-order chi connectivity index (χ1) is 7.79. The van der Waals surface area contributed by atoms with Gasteiger partial charge in [0.05, 0.1) is 5.38 Å². The number of halogens is 1. The van der Waals surface area contributed by atoms with Gasteiger partial charge in [0.2, 0.25) is 0 Å². The van der Waals surface area contributed by atoms with E-state index in [4.69, 9.17) is 11.6 Å². The average molecular weight is 230 g/mol. The first kappa shape index (κ1) is 9.73. The maximum Gasteiger partial charge on any atom is 0.0875 e. The molecule has 0 unspecified atom stereocenters. The van der Waals surface area contributed by atoms with Crippen LogP contribution >= 0.6 is 11.6 Å². The van der Waals surface area contributed by atoms with Crippen LogP contribution in [0.2, 0.25) is 0 Å². The minimum absolute atomic E-state index is 0.0383. The highest BCUT2D eigenvalue weighted by Crippen LogP contribution is 2.45. The van der Waals surface area contributed by atoms with Gasteiger partial charge in [0, 0.05) is 18.4 Å². The normalized spacial score (nSPS) is 14.5. The molecule has 3 rings (SSSR count). The van der Waals surface area contributed by atoms with Crippen molar-refractivity contribution < 1.29 is 0 Å². The van der Waals surface area contributed by atoms with Crippen molar-refractivity contribution in [3.05, 3.63) is 59.7 Å². The first-order valence-corrected chi connectivity index (χ1v) is 5.78. The van der Waals surface area contributed by atoms with Crippen LogP contribution in [0.15, 0.2) is 48.5 Å². The third kappa shape index (κ3) is 1.25. The summed E-state index contributed by atoms with van der Waals surface area (Å²) in [6.45, 7) is 0. The lowest BCUT2D eigenvalue weighted by Crippen LogP contribution is -2.19. The van der Waals surface area contributed by atoms with Gasteiger partial charge < -0.3 is 4.90 Å². The SMILES string of the molecule is CN1c2ccccc2C(Cl)c2ccccc21. The summed E-state index contributed by atoms with van der Waals surface area (Å²) in [5.41, 5.74) is 4.76. The molecule has 0 atom stereocenters. The number of anilines is 2. The molecule has 0 amide bonds. The van der Waals surface area contributed by atoms with Crippen molar-refractivity contribution in [2.75, 3.05) is 11.9 Å². The molecule has 0 radical (unpaired) electrons. The lowest BCUT2D eigenvalue weighted by atomic mass is 9.95. The summed E-state index contributed by atoms with van der Waals surface area (Å²) in [7, 11) is 2.08. The highest BCUT2D eigenvalue weighted by Gasteiger charge is 2.26. The van der Waals surface area contributed by atoms with Gasteiger partial charge in [-0.1, -0.05) is 36.4 Å². The van der Waals surface area contributed by atoms with Crippen LogP contribution in [0.3, 0.4) is 0 Å². The summed E-state index contributed by atoms with van der Waals surface area (Å²) in [5, 5.41) is -0.0383. The lowest BCUT2D eigenvalue weighted by molar-refractivity contribution is 1.03. The molecule has 1 heterocycles. The maximum atomic E-state index is 6.52. The first-order valence-electron chi connectivity index (χ1n) is 5.34. The molecule has 2 aromatic carbocycles. The van der Waals surface area contributed by atoms with Crippen molar-refractivity contribution in [1.82, 2.24) is 0 Å². The van der Waals surface area contributed by atoms with Crippen LogP contribution < -0.4 is 4.90 Å². The number of rotatable bonds is 0. The number of hydrogen-bond donors (Lipinski definition) is 0. The van der Waals surface area contributed by atoms with Gasteiger partial charge in [-0.05, 0) is 23.3 Å². The summed E-state index contributed by atoms with van der Waals surface area (Å²) in [6, 6.07) is 16.6. The van der Waals surface area contributed by atoms with E-state index in [-0.39, 0.29) is 5.38 Å². The second kappa shape index (κ2) is 3.53. The number of nitrogens with zero attached hydrogens (tertiary/aromatic N) is 1. The maximum absolute atomic E-state index is 6.52. The minimum Gasteiger partial charge on any atom is -0.344 e. The van der Waals surface area contributed by atoms with E-state index >= 15 is 0 Å². The van der Waals surface area contributed by atoms with Gasteiger partial charge in [-0.25, -0.2) is 0 Å². The summed E-state index contributed by atoms with van der Waals surface area (Å²) >= 11 is 6.52. The van der Waals surface area contributed by atoms with Crippen molar-refractivity contribution >= 4 is 23.0 Å². The highest BCUT2D eigenvalue weighted by molar-refractivity contribution is 6.24. The molecule has 1 nitrogen and oxygen atoms in total. The molecule has 0 saturated heterocycles. The highest BCUT2D eigenvalue weighted by atomic mass is 35.5. The van der Waals surface area contributed by atoms with Crippen LogP contribution in [0.5, 0.6) is 0 Å². The quantitative estimate of drug-likeness (QED) is 0.615. The molecular formula is C14H12ClN. The molecule has 0 fully saturated rings. The van der Waals surface area contributed by atoms with E-state index in [0.717, 1.165) is 0 Å². The Labute approximate surface area is 100 Å². The van der Waals surface area contributed by atoms with E-state index < -0.39 is 0 Å². The zero-order chi connectivity index (χ0) is 11.1. The van der Waals surface area contributed by atoms with E-state index in [1.165, 1.54) is 22.5 Å². The van der Waals surface area contributed by atoms with Gasteiger partial charge in [0.15, 0.2) is 0 Å². The molecule has 1 aliphatic rings. The Morgan fingerprint density at radius 1 is 0.875 bits per heavy atom. The Kier molecular flexibility index (Phi) is 2.15. The topological polar surface area (TPSA) is 3.24 Å². The van der Waals surface area contributed by atoms with Crippen molar-refractivity contribution in [2.24, 2.45) is 0 Å². The Hall–Kier alpha value is -1.47. The van der Waals surface area contributed by atoms with Gasteiger partial charge >= 0.3 is 0 Å². The molecule has 2 heteroatoms. The molecule has 0 aromatic heterocycles. The fourth-order valence-corrected chi connectivity index (χ4v) is 2.68. The Morgan fingerprint density at radius 3 is 1.81 bits per heavy atom. The molecule has 2 aromatic rings. The summed E-state index contributed by atoms with van der Waals surface area (Å²) < 4.78 is 0. The number of benzene rings is 2. The smallest absolute Gasteiger partial charge is 0.0875 e. The molecular weight excluding hydrogens is 218 g/mol. The zero-order valence-corrected chi connectivity index (χ0v) is 9.78. The second-order valence-electron chi connectivity index (χ2n) is 4.04. The third-order valence-corrected chi connectivity index (χ3v) is 3.61. The van der Waals surface area contributed by atoms with E-state index in [1.807, 2.05) is 24.3 Å². The van der Waals surface area contributed by atoms with Crippen molar-refractivity contribution in [2.45, 2.75) is 5.38 Å². The third-order valence-electron chi connectivity index (χ3n) is 3.14. The van der Waals surface area contributed by atoms with Gasteiger partial charge in [0.25, 0.3) is 0 Å². The molecule has 80 valence electrons. The predicted octanol–water partition coefficient (Wildman–Crippen LogP) is 4.10. The molecule has 0 N–H and O–H groups in total. The second-order valence-corrected chi connectivity index (χ2v) is 4.48. The summed E-state index contributed by atoms with van der Waals surface area (Å²) in [4.78, 5) is 2.20. The van der Waals surface area contributed by atoms with Crippen molar-refractivity contribution in [3.8, 4) is 0 Å². The monoisotopic (exact) mass is 229 g/mol. The number of fused-ring (bicyclic) bond motifs is 2. The van der Waals surface area contributed by atoms with Crippen LogP contribution in [0.4, 0.5) is 11.4 Å². The lowest BCUT2D eigenvalue weighted by Gasteiger charge is -2.32. The van der Waals surface area contributed by atoms with Crippen LogP contribution in [-0.4, -0.2) is 7.05 Å². The fraction of sp³-hybridized carbons (Fsp3) is 0.143. The molecule has 0 saturated carbocycles. The zero-order valence-electron chi connectivity index (χ0n) is 9.02. The van der Waals surface area contributed by atoms with E-state index in [0.29, 0.717) is 0 Å². The Bertz CT molecular complexity index is 440.